The summed E-state index contributed by atoms with van der Waals surface area (Å²) in [5.41, 5.74) is 1.29. The summed E-state index contributed by atoms with van der Waals surface area (Å²) in [4.78, 5) is 14.7. The first-order valence-corrected chi connectivity index (χ1v) is 8.83. The Hall–Kier alpha value is -2.49. The van der Waals surface area contributed by atoms with Gasteiger partial charge in [0.1, 0.15) is 11.5 Å². The Balaban J connectivity index is 2.30. The van der Waals surface area contributed by atoms with Crippen molar-refractivity contribution in [1.29, 1.82) is 0 Å². The number of carbonyl (C=O) groups is 1. The third-order valence-corrected chi connectivity index (χ3v) is 4.70. The van der Waals surface area contributed by atoms with E-state index in [0.29, 0.717) is 13.1 Å². The van der Waals surface area contributed by atoms with E-state index in [-0.39, 0.29) is 34.8 Å². The fourth-order valence-electron chi connectivity index (χ4n) is 2.87. The van der Waals surface area contributed by atoms with Gasteiger partial charge in [-0.3, -0.25) is 4.79 Å². The number of likely N-dealkylation sites (N-methyl/N-ethyl adjacent to an activating group) is 1. The average molecular weight is 341 g/mol. The molecule has 1 amide bonds. The lowest BCUT2D eigenvalue weighted by molar-refractivity contribution is -0.127. The van der Waals surface area contributed by atoms with Gasteiger partial charge in [0.05, 0.1) is 5.57 Å². The first-order chi connectivity index (χ1) is 12.0. The van der Waals surface area contributed by atoms with Crippen LogP contribution in [-0.2, 0) is 11.3 Å². The van der Waals surface area contributed by atoms with Crippen molar-refractivity contribution in [2.75, 3.05) is 6.54 Å². The summed E-state index contributed by atoms with van der Waals surface area (Å²) in [6.07, 6.45) is 5.63. The fourth-order valence-corrected chi connectivity index (χ4v) is 2.87. The summed E-state index contributed by atoms with van der Waals surface area (Å²) in [5, 5.41) is 20.3. The Kier molecular flexibility index (Phi) is 6.45. The van der Waals surface area contributed by atoms with Gasteiger partial charge in [-0.1, -0.05) is 56.7 Å². The number of rotatable bonds is 6. The van der Waals surface area contributed by atoms with Crippen LogP contribution in [0.25, 0.3) is 0 Å². The lowest BCUT2D eigenvalue weighted by atomic mass is 9.89. The van der Waals surface area contributed by atoms with E-state index in [2.05, 4.69) is 13.8 Å². The minimum Gasteiger partial charge on any atom is -0.508 e. The van der Waals surface area contributed by atoms with Crippen LogP contribution in [0.1, 0.15) is 32.8 Å². The Morgan fingerprint density at radius 1 is 1.16 bits per heavy atom. The van der Waals surface area contributed by atoms with Crippen molar-refractivity contribution < 1.29 is 15.0 Å². The molecule has 4 heteroatoms. The molecule has 0 radical (unpaired) electrons. The van der Waals surface area contributed by atoms with Crippen LogP contribution in [0.2, 0.25) is 0 Å². The lowest BCUT2D eigenvalue weighted by Crippen LogP contribution is -2.32. The number of amides is 1. The maximum absolute atomic E-state index is 13.0. The maximum atomic E-state index is 13.0. The molecule has 0 spiro atoms. The highest BCUT2D eigenvalue weighted by molar-refractivity contribution is 5.97. The molecule has 0 aromatic heterocycles. The van der Waals surface area contributed by atoms with E-state index in [1.807, 2.05) is 37.3 Å². The number of hydrogen-bond acceptors (Lipinski definition) is 3. The second-order valence-electron chi connectivity index (χ2n) is 6.47. The normalized spacial score (nSPS) is 18.5. The number of aliphatic hydroxyl groups is 2. The van der Waals surface area contributed by atoms with E-state index < -0.39 is 0 Å². The number of hydrogen-bond donors (Lipinski definition) is 2. The molecule has 1 aromatic carbocycles. The third-order valence-electron chi connectivity index (χ3n) is 4.70. The van der Waals surface area contributed by atoms with E-state index in [4.69, 9.17) is 0 Å². The predicted molar refractivity (Wildman–Crippen MR) is 100.0 cm³/mol. The van der Waals surface area contributed by atoms with Gasteiger partial charge in [-0.25, -0.2) is 0 Å². The average Bonchev–Trinajstić information content (AvgIpc) is 2.77. The smallest absolute Gasteiger partial charge is 0.257 e. The van der Waals surface area contributed by atoms with Crippen LogP contribution in [0.4, 0.5) is 0 Å². The lowest BCUT2D eigenvalue weighted by Gasteiger charge is -2.23. The number of carbonyl (C=O) groups excluding carboxylic acids is 1. The highest BCUT2D eigenvalue weighted by Gasteiger charge is 2.25. The molecular formula is C21H27NO3. The molecule has 0 saturated carbocycles. The van der Waals surface area contributed by atoms with Crippen molar-refractivity contribution in [3.8, 4) is 0 Å². The first-order valence-electron chi connectivity index (χ1n) is 8.83. The molecule has 1 aliphatic carbocycles. The van der Waals surface area contributed by atoms with Crippen LogP contribution in [0, 0.1) is 11.8 Å². The third kappa shape index (κ3) is 4.75. The second-order valence-corrected chi connectivity index (χ2v) is 6.47. The highest BCUT2D eigenvalue weighted by Crippen LogP contribution is 2.27. The fraction of sp³-hybridized carbons (Fsp3) is 0.381. The predicted octanol–water partition coefficient (Wildman–Crippen LogP) is 4.52. The van der Waals surface area contributed by atoms with Gasteiger partial charge >= 0.3 is 0 Å². The van der Waals surface area contributed by atoms with Crippen molar-refractivity contribution >= 4 is 5.91 Å². The zero-order valence-electron chi connectivity index (χ0n) is 15.1. The van der Waals surface area contributed by atoms with Crippen LogP contribution in [0.3, 0.4) is 0 Å². The minimum atomic E-state index is -0.225. The van der Waals surface area contributed by atoms with Crippen molar-refractivity contribution in [2.24, 2.45) is 11.8 Å². The molecule has 0 bridgehead atoms. The molecule has 1 aromatic rings. The summed E-state index contributed by atoms with van der Waals surface area (Å²) in [7, 11) is 0. The molecular weight excluding hydrogens is 314 g/mol. The van der Waals surface area contributed by atoms with Gasteiger partial charge in [-0.2, -0.15) is 0 Å². The van der Waals surface area contributed by atoms with Gasteiger partial charge in [0.2, 0.25) is 0 Å². The Labute approximate surface area is 149 Å². The number of allylic oxidation sites excluding steroid dienone is 3. The Bertz CT molecular complexity index is 688. The van der Waals surface area contributed by atoms with Crippen LogP contribution >= 0.6 is 0 Å². The molecule has 2 N–H and O–H groups in total. The van der Waals surface area contributed by atoms with E-state index in [0.717, 1.165) is 12.0 Å². The van der Waals surface area contributed by atoms with Gasteiger partial charge < -0.3 is 15.1 Å². The zero-order chi connectivity index (χ0) is 18.4. The van der Waals surface area contributed by atoms with Crippen LogP contribution in [0.15, 0.2) is 65.7 Å². The molecule has 2 unspecified atom stereocenters. The molecule has 0 saturated heterocycles. The standard InChI is InChI=1S/C21H27NO3/c1-4-15(3)17-11-18(23)13-20(24)19(12-17)21(25)22(5-2)14-16-9-7-6-8-10-16/h6-13,15,17,23-24H,4-5,14H2,1-3H3. The second kappa shape index (κ2) is 8.56. The summed E-state index contributed by atoms with van der Waals surface area (Å²) in [6, 6.07) is 9.77. The number of benzene rings is 1. The highest BCUT2D eigenvalue weighted by atomic mass is 16.3. The molecule has 0 aliphatic heterocycles. The summed E-state index contributed by atoms with van der Waals surface area (Å²) in [5.74, 6) is -0.255. The van der Waals surface area contributed by atoms with Crippen molar-refractivity contribution in [2.45, 2.75) is 33.7 Å². The van der Waals surface area contributed by atoms with Crippen LogP contribution in [0.5, 0.6) is 0 Å². The van der Waals surface area contributed by atoms with E-state index in [9.17, 15) is 15.0 Å². The topological polar surface area (TPSA) is 60.8 Å². The van der Waals surface area contributed by atoms with Crippen LogP contribution in [-0.4, -0.2) is 27.6 Å². The molecule has 0 fully saturated rings. The van der Waals surface area contributed by atoms with Gasteiger partial charge in [0.25, 0.3) is 5.91 Å². The summed E-state index contributed by atoms with van der Waals surface area (Å²) in [6.45, 7) is 7.06. The number of aliphatic hydroxyl groups excluding tert-OH is 2. The Morgan fingerprint density at radius 3 is 2.44 bits per heavy atom. The monoisotopic (exact) mass is 341 g/mol. The van der Waals surface area contributed by atoms with Crippen molar-refractivity contribution in [3.05, 3.63) is 71.2 Å². The van der Waals surface area contributed by atoms with E-state index in [1.54, 1.807) is 17.1 Å². The molecule has 2 rings (SSSR count). The van der Waals surface area contributed by atoms with Gasteiger partial charge in [-0.15, -0.1) is 0 Å². The van der Waals surface area contributed by atoms with Gasteiger partial charge in [0.15, 0.2) is 0 Å². The molecule has 0 heterocycles. The van der Waals surface area contributed by atoms with Crippen LogP contribution < -0.4 is 0 Å². The number of nitrogens with zero attached hydrogens (tertiary/aromatic N) is 1. The molecule has 25 heavy (non-hydrogen) atoms. The molecule has 2 atom stereocenters. The largest absolute Gasteiger partial charge is 0.508 e. The summed E-state index contributed by atoms with van der Waals surface area (Å²) >= 11 is 0. The zero-order valence-corrected chi connectivity index (χ0v) is 15.1. The van der Waals surface area contributed by atoms with Gasteiger partial charge in [0, 0.05) is 25.1 Å². The quantitative estimate of drug-likeness (QED) is 0.799. The first kappa shape index (κ1) is 18.8. The van der Waals surface area contributed by atoms with Gasteiger partial charge in [-0.05, 0) is 24.5 Å². The minimum absolute atomic E-state index is 0.00652. The SMILES string of the molecule is CCC(C)C1C=C(O)C=C(O)C(C(=O)N(CC)Cc2ccccc2)=C1. The molecule has 4 nitrogen and oxygen atoms in total. The maximum Gasteiger partial charge on any atom is 0.257 e. The molecule has 134 valence electrons. The van der Waals surface area contributed by atoms with E-state index >= 15 is 0 Å². The van der Waals surface area contributed by atoms with E-state index in [1.165, 1.54) is 6.08 Å². The molecule has 1 aliphatic rings. The van der Waals surface area contributed by atoms with Crippen molar-refractivity contribution in [1.82, 2.24) is 4.90 Å². The summed E-state index contributed by atoms with van der Waals surface area (Å²) < 4.78 is 0. The Morgan fingerprint density at radius 2 is 1.84 bits per heavy atom. The van der Waals surface area contributed by atoms with Crippen molar-refractivity contribution in [3.63, 3.8) is 0 Å².